The average Bonchev–Trinajstić information content (AvgIpc) is 2.61. The van der Waals surface area contributed by atoms with Crippen molar-refractivity contribution in [1.29, 1.82) is 0 Å². The molecule has 0 spiro atoms. The smallest absolute Gasteiger partial charge is 0.338 e. The maximum atomic E-state index is 12.1. The predicted octanol–water partition coefficient (Wildman–Crippen LogP) is 1.72. The molecule has 0 bridgehead atoms. The topological polar surface area (TPSA) is 133 Å². The van der Waals surface area contributed by atoms with E-state index < -0.39 is 28.0 Å². The van der Waals surface area contributed by atoms with E-state index in [-0.39, 0.29) is 16.2 Å². The second-order valence-electron chi connectivity index (χ2n) is 5.74. The number of nitrogens with one attached hydrogen (secondary N) is 1. The number of rotatable bonds is 6. The number of anilines is 1. The minimum absolute atomic E-state index is 0.0767. The highest BCUT2D eigenvalue weighted by Crippen LogP contribution is 2.13. The fraction of sp³-hybridized carbons (Fsp3) is 0.167. The number of Topliss-reactive ketones (excluding diaryl/α,β-unsaturated/α-hetero) is 1. The van der Waals surface area contributed by atoms with Crippen LogP contribution in [0.3, 0.4) is 0 Å². The van der Waals surface area contributed by atoms with E-state index in [4.69, 9.17) is 9.88 Å². The number of carbonyl (C=O) groups excluding carboxylic acids is 3. The van der Waals surface area contributed by atoms with Crippen molar-refractivity contribution >= 4 is 33.4 Å². The van der Waals surface area contributed by atoms with Crippen molar-refractivity contribution in [2.45, 2.75) is 24.8 Å². The van der Waals surface area contributed by atoms with Crippen molar-refractivity contribution < 1.29 is 27.5 Å². The Hall–Kier alpha value is -3.04. The first-order chi connectivity index (χ1) is 12.6. The van der Waals surface area contributed by atoms with Crippen LogP contribution in [0, 0.1) is 0 Å². The van der Waals surface area contributed by atoms with Gasteiger partial charge in [-0.05, 0) is 62.4 Å². The van der Waals surface area contributed by atoms with Crippen molar-refractivity contribution in [3.63, 3.8) is 0 Å². The van der Waals surface area contributed by atoms with Gasteiger partial charge in [-0.3, -0.25) is 9.59 Å². The number of esters is 1. The average molecular weight is 390 g/mol. The van der Waals surface area contributed by atoms with Crippen LogP contribution in [0.25, 0.3) is 0 Å². The highest BCUT2D eigenvalue weighted by Gasteiger charge is 2.19. The van der Waals surface area contributed by atoms with E-state index in [2.05, 4.69) is 5.32 Å². The minimum Gasteiger partial charge on any atom is -0.449 e. The van der Waals surface area contributed by atoms with Gasteiger partial charge in [0, 0.05) is 11.3 Å². The number of nitrogens with two attached hydrogens (primary N) is 1. The Kier molecular flexibility index (Phi) is 6.09. The molecule has 1 amide bonds. The molecular formula is C18H18N2O6S. The van der Waals surface area contributed by atoms with E-state index in [1.54, 1.807) is 24.3 Å². The van der Waals surface area contributed by atoms with Crippen LogP contribution in [0.1, 0.15) is 34.6 Å². The van der Waals surface area contributed by atoms with E-state index in [1.807, 2.05) is 0 Å². The van der Waals surface area contributed by atoms with Crippen molar-refractivity contribution in [3.05, 3.63) is 59.7 Å². The molecule has 0 aliphatic rings. The molecule has 0 fully saturated rings. The summed E-state index contributed by atoms with van der Waals surface area (Å²) in [5, 5.41) is 7.56. The van der Waals surface area contributed by atoms with Gasteiger partial charge in [0.1, 0.15) is 0 Å². The standard InChI is InChI=1S/C18H18N2O6S/c1-11(21)13-3-7-15(8-4-13)20-17(22)12(2)26-18(23)14-5-9-16(10-6-14)27(19,24)25/h3-10,12H,1-2H3,(H,20,22)(H2,19,24,25)/t12-/m0/s1. The van der Waals surface area contributed by atoms with Crippen molar-refractivity contribution in [2.75, 3.05) is 5.32 Å². The maximum Gasteiger partial charge on any atom is 0.338 e. The number of carbonyl (C=O) groups is 3. The largest absolute Gasteiger partial charge is 0.449 e. The molecule has 142 valence electrons. The van der Waals surface area contributed by atoms with Gasteiger partial charge in [0.2, 0.25) is 10.0 Å². The molecule has 2 rings (SSSR count). The van der Waals surface area contributed by atoms with Gasteiger partial charge in [-0.15, -0.1) is 0 Å². The van der Waals surface area contributed by atoms with Gasteiger partial charge < -0.3 is 10.1 Å². The molecule has 27 heavy (non-hydrogen) atoms. The number of hydrogen-bond acceptors (Lipinski definition) is 6. The molecule has 0 saturated heterocycles. The fourth-order valence-corrected chi connectivity index (χ4v) is 2.61. The number of sulfonamides is 1. The Morgan fingerprint density at radius 1 is 0.963 bits per heavy atom. The quantitative estimate of drug-likeness (QED) is 0.570. The molecule has 0 unspecified atom stereocenters. The molecule has 3 N–H and O–H groups in total. The third kappa shape index (κ3) is 5.47. The molecule has 0 aliphatic carbocycles. The van der Waals surface area contributed by atoms with Gasteiger partial charge >= 0.3 is 5.97 Å². The first kappa shape index (κ1) is 20.3. The van der Waals surface area contributed by atoms with Gasteiger partial charge in [-0.1, -0.05) is 0 Å². The van der Waals surface area contributed by atoms with Gasteiger partial charge in [0.15, 0.2) is 11.9 Å². The Bertz CT molecular complexity index is 966. The zero-order valence-corrected chi connectivity index (χ0v) is 15.4. The summed E-state index contributed by atoms with van der Waals surface area (Å²) in [5.74, 6) is -1.44. The number of ether oxygens (including phenoxy) is 1. The van der Waals surface area contributed by atoms with Crippen molar-refractivity contribution in [2.24, 2.45) is 5.14 Å². The van der Waals surface area contributed by atoms with E-state index in [0.717, 1.165) is 0 Å². The molecule has 0 aromatic heterocycles. The lowest BCUT2D eigenvalue weighted by Crippen LogP contribution is -2.30. The van der Waals surface area contributed by atoms with E-state index in [0.29, 0.717) is 11.3 Å². The number of benzene rings is 2. The molecule has 0 heterocycles. The summed E-state index contributed by atoms with van der Waals surface area (Å²) < 4.78 is 27.5. The number of primary sulfonamides is 1. The SMILES string of the molecule is CC(=O)c1ccc(NC(=O)[C@H](C)OC(=O)c2ccc(S(N)(=O)=O)cc2)cc1. The fourth-order valence-electron chi connectivity index (χ4n) is 2.09. The molecule has 2 aromatic rings. The lowest BCUT2D eigenvalue weighted by atomic mass is 10.1. The van der Waals surface area contributed by atoms with Crippen LogP contribution in [0.4, 0.5) is 5.69 Å². The van der Waals surface area contributed by atoms with Crippen LogP contribution in [-0.4, -0.2) is 32.2 Å². The second-order valence-corrected chi connectivity index (χ2v) is 7.30. The second kappa shape index (κ2) is 8.11. The predicted molar refractivity (Wildman–Crippen MR) is 97.8 cm³/mol. The van der Waals surface area contributed by atoms with Crippen LogP contribution in [-0.2, 0) is 19.6 Å². The monoisotopic (exact) mass is 390 g/mol. The first-order valence-corrected chi connectivity index (χ1v) is 9.38. The zero-order valence-electron chi connectivity index (χ0n) is 14.6. The zero-order chi connectivity index (χ0) is 20.2. The van der Waals surface area contributed by atoms with Crippen LogP contribution in [0.15, 0.2) is 53.4 Å². The summed E-state index contributed by atoms with van der Waals surface area (Å²) >= 11 is 0. The third-order valence-electron chi connectivity index (χ3n) is 3.63. The Morgan fingerprint density at radius 3 is 1.96 bits per heavy atom. The minimum atomic E-state index is -3.86. The summed E-state index contributed by atoms with van der Waals surface area (Å²) in [6.45, 7) is 2.83. The summed E-state index contributed by atoms with van der Waals surface area (Å²) in [7, 11) is -3.86. The van der Waals surface area contributed by atoms with Gasteiger partial charge in [0.25, 0.3) is 5.91 Å². The van der Waals surface area contributed by atoms with E-state index in [1.165, 1.54) is 38.1 Å². The number of hydrogen-bond donors (Lipinski definition) is 2. The number of amides is 1. The highest BCUT2D eigenvalue weighted by molar-refractivity contribution is 7.89. The molecule has 0 radical (unpaired) electrons. The summed E-state index contributed by atoms with van der Waals surface area (Å²) in [4.78, 5) is 35.3. The van der Waals surface area contributed by atoms with E-state index in [9.17, 15) is 22.8 Å². The molecule has 8 nitrogen and oxygen atoms in total. The Labute approximate surface area is 156 Å². The first-order valence-electron chi connectivity index (χ1n) is 7.83. The molecule has 2 aromatic carbocycles. The molecular weight excluding hydrogens is 372 g/mol. The summed E-state index contributed by atoms with van der Waals surface area (Å²) in [6, 6.07) is 11.1. The lowest BCUT2D eigenvalue weighted by molar-refractivity contribution is -0.123. The van der Waals surface area contributed by atoms with Crippen LogP contribution < -0.4 is 10.5 Å². The van der Waals surface area contributed by atoms with Crippen LogP contribution in [0.5, 0.6) is 0 Å². The Morgan fingerprint density at radius 2 is 1.48 bits per heavy atom. The van der Waals surface area contributed by atoms with Gasteiger partial charge in [-0.2, -0.15) is 0 Å². The molecule has 1 atom stereocenters. The molecule has 0 saturated carbocycles. The maximum absolute atomic E-state index is 12.1. The number of ketones is 1. The van der Waals surface area contributed by atoms with Crippen LogP contribution >= 0.6 is 0 Å². The van der Waals surface area contributed by atoms with Crippen molar-refractivity contribution in [1.82, 2.24) is 0 Å². The van der Waals surface area contributed by atoms with Crippen molar-refractivity contribution in [3.8, 4) is 0 Å². The lowest BCUT2D eigenvalue weighted by Gasteiger charge is -2.14. The van der Waals surface area contributed by atoms with E-state index >= 15 is 0 Å². The normalized spacial score (nSPS) is 12.1. The molecule has 0 aliphatic heterocycles. The molecule has 9 heteroatoms. The van der Waals surface area contributed by atoms with Gasteiger partial charge in [-0.25, -0.2) is 18.4 Å². The third-order valence-corrected chi connectivity index (χ3v) is 4.56. The summed E-state index contributed by atoms with van der Waals surface area (Å²) in [6.07, 6.45) is -1.09. The highest BCUT2D eigenvalue weighted by atomic mass is 32.2. The van der Waals surface area contributed by atoms with Crippen LogP contribution in [0.2, 0.25) is 0 Å². The Balaban J connectivity index is 1.98. The van der Waals surface area contributed by atoms with Gasteiger partial charge in [0.05, 0.1) is 10.5 Å². The summed E-state index contributed by atoms with van der Waals surface area (Å²) in [5.41, 5.74) is 1.04.